The van der Waals surface area contributed by atoms with Crippen molar-refractivity contribution in [1.82, 2.24) is 4.31 Å². The Kier molecular flexibility index (Phi) is 5.19. The van der Waals surface area contributed by atoms with E-state index in [0.717, 1.165) is 12.1 Å². The van der Waals surface area contributed by atoms with Crippen LogP contribution in [0.5, 0.6) is 0 Å². The van der Waals surface area contributed by atoms with Gasteiger partial charge in [-0.05, 0) is 31.0 Å². The summed E-state index contributed by atoms with van der Waals surface area (Å²) in [4.78, 5) is -0.784. The Morgan fingerprint density at radius 2 is 1.62 bits per heavy atom. The first kappa shape index (κ1) is 19.0. The molecular formula is C14H15F6NO2S. The summed E-state index contributed by atoms with van der Waals surface area (Å²) < 4.78 is 102. The van der Waals surface area contributed by atoms with Crippen LogP contribution in [0.15, 0.2) is 29.2 Å². The molecule has 1 fully saturated rings. The summed E-state index contributed by atoms with van der Waals surface area (Å²) in [5, 5.41) is 0. The molecule has 0 N–H and O–H groups in total. The predicted octanol–water partition coefficient (Wildman–Crippen LogP) is 4.20. The Labute approximate surface area is 135 Å². The molecule has 0 amide bonds. The Balaban J connectivity index is 2.44. The van der Waals surface area contributed by atoms with Crippen molar-refractivity contribution in [3.63, 3.8) is 0 Å². The third kappa shape index (κ3) is 4.41. The van der Waals surface area contributed by atoms with Crippen LogP contribution in [0.25, 0.3) is 0 Å². The molecule has 0 bridgehead atoms. The molecule has 0 spiro atoms. The summed E-state index contributed by atoms with van der Waals surface area (Å²) in [5.41, 5.74) is -1.22. The van der Waals surface area contributed by atoms with Crippen LogP contribution in [-0.4, -0.2) is 31.5 Å². The first-order valence-corrected chi connectivity index (χ1v) is 8.61. The summed E-state index contributed by atoms with van der Waals surface area (Å²) in [7, 11) is -4.69. The average molecular weight is 375 g/mol. The van der Waals surface area contributed by atoms with Gasteiger partial charge in [0.05, 0.1) is 10.5 Å². The molecule has 1 saturated carbocycles. The Morgan fingerprint density at radius 1 is 1.04 bits per heavy atom. The van der Waals surface area contributed by atoms with Crippen molar-refractivity contribution < 1.29 is 34.8 Å². The van der Waals surface area contributed by atoms with E-state index < -0.39 is 45.4 Å². The second-order valence-corrected chi connectivity index (χ2v) is 7.52. The fourth-order valence-corrected chi connectivity index (χ4v) is 4.46. The molecule has 0 radical (unpaired) electrons. The zero-order valence-electron chi connectivity index (χ0n) is 12.4. The second-order valence-electron chi connectivity index (χ2n) is 5.63. The number of hydrogen-bond acceptors (Lipinski definition) is 2. The summed E-state index contributed by atoms with van der Waals surface area (Å²) in [6.45, 7) is -1.71. The molecular weight excluding hydrogens is 360 g/mol. The molecule has 1 aliphatic rings. The molecule has 10 heteroatoms. The monoisotopic (exact) mass is 375 g/mol. The highest BCUT2D eigenvalue weighted by molar-refractivity contribution is 7.89. The second kappa shape index (κ2) is 6.55. The molecule has 1 aromatic rings. The Morgan fingerprint density at radius 3 is 2.12 bits per heavy atom. The molecule has 0 atom stereocenters. The van der Waals surface area contributed by atoms with Crippen molar-refractivity contribution in [3.05, 3.63) is 29.8 Å². The number of nitrogens with zero attached hydrogens (tertiary/aromatic N) is 1. The van der Waals surface area contributed by atoms with Gasteiger partial charge in [-0.3, -0.25) is 0 Å². The van der Waals surface area contributed by atoms with Crippen LogP contribution in [0.3, 0.4) is 0 Å². The summed E-state index contributed by atoms with van der Waals surface area (Å²) in [6.07, 6.45) is -7.89. The number of rotatable bonds is 4. The number of sulfonamides is 1. The minimum absolute atomic E-state index is 0.258. The van der Waals surface area contributed by atoms with Gasteiger partial charge in [-0.15, -0.1) is 0 Å². The van der Waals surface area contributed by atoms with Gasteiger partial charge in [-0.1, -0.05) is 18.9 Å². The van der Waals surface area contributed by atoms with Crippen LogP contribution < -0.4 is 0 Å². The van der Waals surface area contributed by atoms with E-state index in [-0.39, 0.29) is 17.1 Å². The fourth-order valence-electron chi connectivity index (χ4n) is 2.75. The third-order valence-corrected chi connectivity index (χ3v) is 5.73. The van der Waals surface area contributed by atoms with E-state index in [0.29, 0.717) is 25.0 Å². The van der Waals surface area contributed by atoms with E-state index in [1.165, 1.54) is 0 Å². The van der Waals surface area contributed by atoms with Crippen LogP contribution in [0.4, 0.5) is 26.3 Å². The highest BCUT2D eigenvalue weighted by Gasteiger charge is 2.42. The lowest BCUT2D eigenvalue weighted by Gasteiger charge is -2.29. The van der Waals surface area contributed by atoms with E-state index in [4.69, 9.17) is 0 Å². The van der Waals surface area contributed by atoms with Gasteiger partial charge in [0.25, 0.3) is 0 Å². The van der Waals surface area contributed by atoms with E-state index in [9.17, 15) is 34.8 Å². The van der Waals surface area contributed by atoms with Gasteiger partial charge in [0, 0.05) is 6.04 Å². The van der Waals surface area contributed by atoms with Gasteiger partial charge < -0.3 is 0 Å². The maximum absolute atomic E-state index is 12.8. The van der Waals surface area contributed by atoms with Crippen molar-refractivity contribution in [1.29, 1.82) is 0 Å². The molecule has 1 aromatic carbocycles. The molecule has 2 rings (SSSR count). The average Bonchev–Trinajstić information content (AvgIpc) is 2.97. The van der Waals surface area contributed by atoms with Crippen molar-refractivity contribution >= 4 is 10.0 Å². The summed E-state index contributed by atoms with van der Waals surface area (Å²) in [6, 6.07) is 1.93. The molecule has 0 aromatic heterocycles. The third-order valence-electron chi connectivity index (χ3n) is 3.84. The number of halogens is 6. The minimum atomic E-state index is -4.78. The van der Waals surface area contributed by atoms with Gasteiger partial charge in [0.1, 0.15) is 6.54 Å². The normalized spacial score (nSPS) is 17.6. The van der Waals surface area contributed by atoms with Crippen LogP contribution in [0.2, 0.25) is 0 Å². The van der Waals surface area contributed by atoms with Gasteiger partial charge in [-0.2, -0.15) is 30.6 Å². The van der Waals surface area contributed by atoms with Crippen LogP contribution in [0.1, 0.15) is 31.2 Å². The van der Waals surface area contributed by atoms with Gasteiger partial charge >= 0.3 is 12.4 Å². The first-order chi connectivity index (χ1) is 10.9. The highest BCUT2D eigenvalue weighted by Crippen LogP contribution is 2.34. The Bertz CT molecular complexity index is 677. The van der Waals surface area contributed by atoms with E-state index >= 15 is 0 Å². The van der Waals surface area contributed by atoms with E-state index in [1.54, 1.807) is 0 Å². The Hall–Kier alpha value is -1.29. The zero-order chi connectivity index (χ0) is 18.2. The van der Waals surface area contributed by atoms with Gasteiger partial charge in [0.2, 0.25) is 10.0 Å². The first-order valence-electron chi connectivity index (χ1n) is 7.17. The van der Waals surface area contributed by atoms with Gasteiger partial charge in [0.15, 0.2) is 0 Å². The topological polar surface area (TPSA) is 37.4 Å². The van der Waals surface area contributed by atoms with Crippen molar-refractivity contribution in [2.45, 2.75) is 49.0 Å². The fraction of sp³-hybridized carbons (Fsp3) is 0.571. The van der Waals surface area contributed by atoms with Gasteiger partial charge in [-0.25, -0.2) is 8.42 Å². The van der Waals surface area contributed by atoms with Crippen LogP contribution in [0, 0.1) is 0 Å². The number of alkyl halides is 6. The smallest absolute Gasteiger partial charge is 0.207 e. The molecule has 0 saturated heterocycles. The SMILES string of the molecule is O=S(=O)(c1cccc(C(F)(F)F)c1)N(CC(F)(F)F)C1CCCC1. The standard InChI is InChI=1S/C14H15F6NO2S/c15-13(16,17)9-21(11-5-1-2-6-11)24(22,23)12-7-3-4-10(8-12)14(18,19)20/h3-4,7-8,11H,1-2,5-6,9H2. The van der Waals surface area contributed by atoms with Crippen molar-refractivity contribution in [2.75, 3.05) is 6.54 Å². The number of benzene rings is 1. The molecule has 24 heavy (non-hydrogen) atoms. The summed E-state index contributed by atoms with van der Waals surface area (Å²) >= 11 is 0. The molecule has 3 nitrogen and oxygen atoms in total. The maximum atomic E-state index is 12.8. The highest BCUT2D eigenvalue weighted by atomic mass is 32.2. The minimum Gasteiger partial charge on any atom is -0.207 e. The lowest BCUT2D eigenvalue weighted by Crippen LogP contribution is -2.44. The predicted molar refractivity (Wildman–Crippen MR) is 73.6 cm³/mol. The molecule has 0 aliphatic heterocycles. The molecule has 1 aliphatic carbocycles. The van der Waals surface area contributed by atoms with Crippen LogP contribution in [-0.2, 0) is 16.2 Å². The molecule has 0 heterocycles. The van der Waals surface area contributed by atoms with Crippen LogP contribution >= 0.6 is 0 Å². The maximum Gasteiger partial charge on any atom is 0.416 e. The van der Waals surface area contributed by atoms with E-state index in [1.807, 2.05) is 0 Å². The lowest BCUT2D eigenvalue weighted by atomic mass is 10.2. The van der Waals surface area contributed by atoms with E-state index in [2.05, 4.69) is 0 Å². The summed E-state index contributed by atoms with van der Waals surface area (Å²) in [5.74, 6) is 0. The van der Waals surface area contributed by atoms with Crippen molar-refractivity contribution in [3.8, 4) is 0 Å². The zero-order valence-corrected chi connectivity index (χ0v) is 13.2. The molecule has 0 unspecified atom stereocenters. The van der Waals surface area contributed by atoms with Crippen molar-refractivity contribution in [2.24, 2.45) is 0 Å². The number of hydrogen-bond donors (Lipinski definition) is 0. The lowest BCUT2D eigenvalue weighted by molar-refractivity contribution is -0.139. The largest absolute Gasteiger partial charge is 0.416 e. The quantitative estimate of drug-likeness (QED) is 0.740. The molecule has 136 valence electrons.